The van der Waals surface area contributed by atoms with Crippen molar-refractivity contribution < 1.29 is 24.2 Å². The number of hydrogen-bond donors (Lipinski definition) is 3. The first kappa shape index (κ1) is 24.0. The summed E-state index contributed by atoms with van der Waals surface area (Å²) in [5.74, 6) is -2.21. The van der Waals surface area contributed by atoms with Crippen LogP contribution in [-0.4, -0.2) is 70.7 Å². The quantitative estimate of drug-likeness (QED) is 0.576. The van der Waals surface area contributed by atoms with E-state index in [2.05, 4.69) is 31.4 Å². The molecule has 0 radical (unpaired) electrons. The number of amides is 3. The molecule has 8 heteroatoms. The van der Waals surface area contributed by atoms with Gasteiger partial charge in [-0.2, -0.15) is 0 Å². The Morgan fingerprint density at radius 2 is 1.84 bits per heavy atom. The van der Waals surface area contributed by atoms with Crippen LogP contribution in [0.1, 0.15) is 61.3 Å². The van der Waals surface area contributed by atoms with Crippen LogP contribution in [0, 0.1) is 23.2 Å². The van der Waals surface area contributed by atoms with Gasteiger partial charge in [0.2, 0.25) is 17.7 Å². The fraction of sp³-hybridized carbons (Fsp3) is 0.870. The summed E-state index contributed by atoms with van der Waals surface area (Å²) in [5, 5.41) is 15.5. The molecule has 0 aliphatic carbocycles. The normalized spacial score (nSPS) is 37.2. The molecule has 3 heterocycles. The SMILES string of the molecule is CNC(=O)[C@H]1[C@H]2C(=O)N(CCO)C(C(=O)NC(C)(C)CC(C)(C)C)C23CC(C)[C@]1(C)O3. The maximum Gasteiger partial charge on any atom is 0.246 e. The fourth-order valence-corrected chi connectivity index (χ4v) is 6.71. The number of fused-ring (bicyclic) bond motifs is 1. The van der Waals surface area contributed by atoms with Crippen molar-refractivity contribution in [1.29, 1.82) is 0 Å². The zero-order valence-electron chi connectivity index (χ0n) is 20.2. The first-order chi connectivity index (χ1) is 14.1. The maximum atomic E-state index is 13.7. The zero-order chi connectivity index (χ0) is 23.6. The van der Waals surface area contributed by atoms with Gasteiger partial charge in [0.05, 0.1) is 24.0 Å². The molecule has 0 aromatic carbocycles. The van der Waals surface area contributed by atoms with Crippen molar-refractivity contribution in [2.24, 2.45) is 23.2 Å². The minimum Gasteiger partial charge on any atom is -0.395 e. The van der Waals surface area contributed by atoms with Gasteiger partial charge in [0.1, 0.15) is 11.6 Å². The molecule has 0 aromatic rings. The van der Waals surface area contributed by atoms with Crippen LogP contribution < -0.4 is 10.6 Å². The van der Waals surface area contributed by atoms with E-state index in [1.165, 1.54) is 4.90 Å². The van der Waals surface area contributed by atoms with Crippen LogP contribution in [0.25, 0.3) is 0 Å². The molecular formula is C23H39N3O5. The summed E-state index contributed by atoms with van der Waals surface area (Å²) < 4.78 is 6.55. The van der Waals surface area contributed by atoms with E-state index >= 15 is 0 Å². The summed E-state index contributed by atoms with van der Waals surface area (Å²) in [4.78, 5) is 41.5. The van der Waals surface area contributed by atoms with Crippen LogP contribution in [0.4, 0.5) is 0 Å². The number of β-amino-alcohol motifs (C(OH)–C–C–N with tert-alkyl or cyclic N) is 1. The third-order valence-electron chi connectivity index (χ3n) is 7.37. The number of rotatable bonds is 6. The molecule has 0 aromatic heterocycles. The van der Waals surface area contributed by atoms with Crippen LogP contribution in [0.5, 0.6) is 0 Å². The third kappa shape index (κ3) is 3.65. The van der Waals surface area contributed by atoms with Crippen molar-refractivity contribution in [2.45, 2.75) is 84.1 Å². The van der Waals surface area contributed by atoms with Crippen LogP contribution in [0.2, 0.25) is 0 Å². The van der Waals surface area contributed by atoms with Gasteiger partial charge in [-0.1, -0.05) is 27.7 Å². The van der Waals surface area contributed by atoms with Gasteiger partial charge in [-0.05, 0) is 44.9 Å². The predicted octanol–water partition coefficient (Wildman–Crippen LogP) is 1.07. The highest BCUT2D eigenvalue weighted by Gasteiger charge is 2.79. The van der Waals surface area contributed by atoms with E-state index in [-0.39, 0.29) is 42.2 Å². The lowest BCUT2D eigenvalue weighted by atomic mass is 9.62. The summed E-state index contributed by atoms with van der Waals surface area (Å²) in [6.45, 7) is 14.0. The molecule has 6 atom stereocenters. The van der Waals surface area contributed by atoms with Gasteiger partial charge >= 0.3 is 0 Å². The molecule has 3 amide bonds. The van der Waals surface area contributed by atoms with Gasteiger partial charge < -0.3 is 25.4 Å². The number of likely N-dealkylation sites (tertiary alicyclic amines) is 1. The second-order valence-corrected chi connectivity index (χ2v) is 11.7. The molecule has 8 nitrogen and oxygen atoms in total. The van der Waals surface area contributed by atoms with Gasteiger partial charge in [0.15, 0.2) is 0 Å². The van der Waals surface area contributed by atoms with E-state index in [1.54, 1.807) is 7.05 Å². The van der Waals surface area contributed by atoms with Crippen molar-refractivity contribution in [3.63, 3.8) is 0 Å². The average Bonchev–Trinajstić information content (AvgIpc) is 3.10. The van der Waals surface area contributed by atoms with Crippen LogP contribution in [-0.2, 0) is 19.1 Å². The Kier molecular flexibility index (Phi) is 5.76. The van der Waals surface area contributed by atoms with Crippen molar-refractivity contribution in [3.05, 3.63) is 0 Å². The lowest BCUT2D eigenvalue weighted by molar-refractivity contribution is -0.148. The molecule has 2 bridgehead atoms. The molecule has 3 saturated heterocycles. The fourth-order valence-electron chi connectivity index (χ4n) is 6.71. The summed E-state index contributed by atoms with van der Waals surface area (Å²) in [6.07, 6.45) is 1.27. The molecule has 3 aliphatic rings. The summed E-state index contributed by atoms with van der Waals surface area (Å²) in [7, 11) is 1.55. The van der Waals surface area contributed by atoms with Gasteiger partial charge in [-0.15, -0.1) is 0 Å². The van der Waals surface area contributed by atoms with Crippen LogP contribution in [0.15, 0.2) is 0 Å². The maximum absolute atomic E-state index is 13.7. The number of nitrogens with zero attached hydrogens (tertiary/aromatic N) is 1. The third-order valence-corrected chi connectivity index (χ3v) is 7.37. The Bertz CT molecular complexity index is 776. The topological polar surface area (TPSA) is 108 Å². The number of aliphatic hydroxyl groups is 1. The van der Waals surface area contributed by atoms with E-state index in [0.717, 1.165) is 6.42 Å². The first-order valence-electron chi connectivity index (χ1n) is 11.3. The first-order valence-corrected chi connectivity index (χ1v) is 11.3. The second-order valence-electron chi connectivity index (χ2n) is 11.7. The summed E-state index contributed by atoms with van der Waals surface area (Å²) in [6, 6.07) is -0.879. The van der Waals surface area contributed by atoms with Crippen molar-refractivity contribution >= 4 is 17.7 Å². The lowest BCUT2D eigenvalue weighted by Crippen LogP contribution is -2.59. The number of carbonyl (C=O) groups is 3. The average molecular weight is 438 g/mol. The number of carbonyl (C=O) groups excluding carboxylic acids is 3. The minimum atomic E-state index is -1.07. The Morgan fingerprint density at radius 3 is 2.35 bits per heavy atom. The van der Waals surface area contributed by atoms with Crippen LogP contribution >= 0.6 is 0 Å². The highest BCUT2D eigenvalue weighted by molar-refractivity contribution is 5.99. The van der Waals surface area contributed by atoms with E-state index in [4.69, 9.17) is 4.74 Å². The molecule has 3 rings (SSSR count). The molecule has 31 heavy (non-hydrogen) atoms. The molecule has 3 unspecified atom stereocenters. The Morgan fingerprint density at radius 1 is 1.23 bits per heavy atom. The monoisotopic (exact) mass is 437 g/mol. The molecule has 1 spiro atoms. The standard InChI is InChI=1S/C23H39N3O5/c1-13-11-23-15(14(17(28)24-8)22(13,7)31-23)19(30)26(9-10-27)16(23)18(29)25-21(5,6)12-20(2,3)4/h13-16,27H,9-12H2,1-8H3,(H,24,28)(H,25,29)/t13?,14-,15+,16?,22+,23?/m1/s1. The predicted molar refractivity (Wildman–Crippen MR) is 116 cm³/mol. The smallest absolute Gasteiger partial charge is 0.246 e. The zero-order valence-corrected chi connectivity index (χ0v) is 20.2. The van der Waals surface area contributed by atoms with E-state index < -0.39 is 34.6 Å². The van der Waals surface area contributed by atoms with Crippen molar-refractivity contribution in [3.8, 4) is 0 Å². The molecule has 0 saturated carbocycles. The van der Waals surface area contributed by atoms with Crippen LogP contribution in [0.3, 0.4) is 0 Å². The highest BCUT2D eigenvalue weighted by atomic mass is 16.5. The molecule has 3 N–H and O–H groups in total. The van der Waals surface area contributed by atoms with E-state index in [0.29, 0.717) is 6.42 Å². The van der Waals surface area contributed by atoms with Gasteiger partial charge in [0, 0.05) is 19.1 Å². The van der Waals surface area contributed by atoms with E-state index in [9.17, 15) is 19.5 Å². The highest BCUT2D eigenvalue weighted by Crippen LogP contribution is 2.65. The Hall–Kier alpha value is -1.67. The molecule has 176 valence electrons. The Labute approximate surface area is 185 Å². The molecule has 3 aliphatic heterocycles. The Balaban J connectivity index is 2.02. The number of hydrogen-bond acceptors (Lipinski definition) is 5. The lowest BCUT2D eigenvalue weighted by Gasteiger charge is -2.38. The number of nitrogens with one attached hydrogen (secondary N) is 2. The van der Waals surface area contributed by atoms with Crippen molar-refractivity contribution in [1.82, 2.24) is 15.5 Å². The summed E-state index contributed by atoms with van der Waals surface area (Å²) in [5.41, 5.74) is -2.38. The minimum absolute atomic E-state index is 0.00248. The number of ether oxygens (including phenoxy) is 1. The summed E-state index contributed by atoms with van der Waals surface area (Å²) >= 11 is 0. The van der Waals surface area contributed by atoms with Gasteiger partial charge in [-0.25, -0.2) is 0 Å². The van der Waals surface area contributed by atoms with Gasteiger partial charge in [-0.3, -0.25) is 14.4 Å². The molecule has 3 fully saturated rings. The largest absolute Gasteiger partial charge is 0.395 e. The molecular weight excluding hydrogens is 398 g/mol. The van der Waals surface area contributed by atoms with E-state index in [1.807, 2.05) is 27.7 Å². The number of aliphatic hydroxyl groups excluding tert-OH is 1. The second kappa shape index (κ2) is 7.44. The van der Waals surface area contributed by atoms with Crippen molar-refractivity contribution in [2.75, 3.05) is 20.2 Å². The van der Waals surface area contributed by atoms with Gasteiger partial charge in [0.25, 0.3) is 0 Å².